The van der Waals surface area contributed by atoms with Crippen LogP contribution in [0, 0.1) is 0 Å². The summed E-state index contributed by atoms with van der Waals surface area (Å²) in [6, 6.07) is 57.2. The average Bonchev–Trinajstić information content (AvgIpc) is 3.56. The van der Waals surface area contributed by atoms with Gasteiger partial charge in [0.2, 0.25) is 0 Å². The number of imide groups is 2. The SMILES string of the molecule is CC.CC(C)(c1ccc(Oc2ccc3c(c2)C(=O)N(c2ccc4c(O)cccc4c2)C3=O)cc1)c1ccc(Oc2ccc3c(c2)C(=O)N(c2ccc4c(O)cccc4c2)C3=O)cc1.CC(C)c1ccc2cc(O)ccc2c1.PP(P)P(P)P. The minimum atomic E-state index is -0.454. The van der Waals surface area contributed by atoms with E-state index in [1.54, 1.807) is 109 Å². The zero-order chi connectivity index (χ0) is 59.4. The molecule has 3 N–H and O–H groups in total. The van der Waals surface area contributed by atoms with E-state index in [1.807, 2.05) is 80.6 Å². The van der Waals surface area contributed by atoms with Gasteiger partial charge in [0.15, 0.2) is 0 Å². The predicted octanol–water partition coefficient (Wildman–Crippen LogP) is 18.6. The largest absolute Gasteiger partial charge is 0.508 e. The van der Waals surface area contributed by atoms with Crippen molar-refractivity contribution >= 4 is 117 Å². The molecule has 0 saturated carbocycles. The molecule has 2 aliphatic heterocycles. The fourth-order valence-corrected chi connectivity index (χ4v) is 9.75. The highest BCUT2D eigenvalue weighted by atomic mass is 33.0. The Morgan fingerprint density at radius 2 is 0.819 bits per heavy atom. The molecule has 12 rings (SSSR count). The highest BCUT2D eigenvalue weighted by Gasteiger charge is 2.39. The van der Waals surface area contributed by atoms with Gasteiger partial charge in [-0.25, -0.2) is 9.80 Å². The lowest BCUT2D eigenvalue weighted by Gasteiger charge is -2.26. The molecule has 2 heterocycles. The second-order valence-electron chi connectivity index (χ2n) is 20.3. The smallest absolute Gasteiger partial charge is 0.266 e. The van der Waals surface area contributed by atoms with Crippen molar-refractivity contribution in [1.82, 2.24) is 0 Å². The summed E-state index contributed by atoms with van der Waals surface area (Å²) in [5.74, 6) is 1.30. The van der Waals surface area contributed by atoms with Crippen molar-refractivity contribution < 1.29 is 44.0 Å². The lowest BCUT2D eigenvalue weighted by Crippen LogP contribution is -2.29. The lowest BCUT2D eigenvalue weighted by atomic mass is 9.78. The summed E-state index contributed by atoms with van der Waals surface area (Å²) in [6.45, 7) is 12.9. The Morgan fingerprint density at radius 1 is 0.422 bits per heavy atom. The first kappa shape index (κ1) is 60.4. The molecule has 0 bridgehead atoms. The zero-order valence-electron chi connectivity index (χ0n) is 46.4. The molecule has 10 aromatic rings. The number of rotatable bonds is 10. The third-order valence-electron chi connectivity index (χ3n) is 14.3. The molecule has 0 saturated heterocycles. The Kier molecular flexibility index (Phi) is 18.8. The van der Waals surface area contributed by atoms with E-state index in [2.05, 4.69) is 81.6 Å². The van der Waals surface area contributed by atoms with Crippen molar-refractivity contribution in [2.45, 2.75) is 52.9 Å². The minimum Gasteiger partial charge on any atom is -0.508 e. The summed E-state index contributed by atoms with van der Waals surface area (Å²) in [7, 11) is 11.2. The van der Waals surface area contributed by atoms with Crippen LogP contribution in [0.1, 0.15) is 106 Å². The van der Waals surface area contributed by atoms with Crippen LogP contribution in [0.4, 0.5) is 11.4 Å². The second-order valence-corrected chi connectivity index (χ2v) is 40.0. The van der Waals surface area contributed by atoms with Crippen LogP contribution in [0.5, 0.6) is 40.2 Å². The van der Waals surface area contributed by atoms with Gasteiger partial charge in [-0.15, -0.1) is 35.7 Å². The number of carbonyl (C=O) groups is 4. The molecule has 11 nitrogen and oxygen atoms in total. The summed E-state index contributed by atoms with van der Waals surface area (Å²) < 4.78 is 12.3. The van der Waals surface area contributed by atoms with Crippen LogP contribution in [0.25, 0.3) is 32.3 Å². The van der Waals surface area contributed by atoms with Crippen LogP contribution in [-0.2, 0) is 5.41 Å². The summed E-state index contributed by atoms with van der Waals surface area (Å²) in [5, 5.41) is 34.6. The maximum Gasteiger partial charge on any atom is 0.266 e. The van der Waals surface area contributed by atoms with Crippen LogP contribution < -0.4 is 19.3 Å². The van der Waals surface area contributed by atoms with E-state index in [0.29, 0.717) is 67.6 Å². The van der Waals surface area contributed by atoms with Gasteiger partial charge in [-0.1, -0.05) is 114 Å². The molecule has 420 valence electrons. The molecule has 0 fully saturated rings. The third kappa shape index (κ3) is 13.0. The molecule has 0 aromatic heterocycles. The highest BCUT2D eigenvalue weighted by Crippen LogP contribution is 2.86. The Hall–Kier alpha value is -7.16. The van der Waals surface area contributed by atoms with Gasteiger partial charge in [-0.05, 0) is 179 Å². The van der Waals surface area contributed by atoms with Crippen LogP contribution in [0.3, 0.4) is 0 Å². The molecule has 4 amide bonds. The molecular formula is C66H62N2O9P6. The Labute approximate surface area is 494 Å². The summed E-state index contributed by atoms with van der Waals surface area (Å²) in [4.78, 5) is 56.1. The average molecular weight is 1210 g/mol. The quantitative estimate of drug-likeness (QED) is 0.0897. The number of fused-ring (bicyclic) bond motifs is 5. The van der Waals surface area contributed by atoms with E-state index in [9.17, 15) is 34.5 Å². The molecule has 4 atom stereocenters. The van der Waals surface area contributed by atoms with Crippen molar-refractivity contribution in [1.29, 1.82) is 0 Å². The molecule has 10 aromatic carbocycles. The van der Waals surface area contributed by atoms with Gasteiger partial charge in [0.1, 0.15) is 40.2 Å². The van der Waals surface area contributed by atoms with E-state index in [1.165, 1.54) is 10.9 Å². The molecule has 0 aliphatic carbocycles. The van der Waals surface area contributed by atoms with Gasteiger partial charge < -0.3 is 24.8 Å². The Morgan fingerprint density at radius 3 is 1.24 bits per heavy atom. The number of hydrogen-bond donors (Lipinski definition) is 3. The van der Waals surface area contributed by atoms with Crippen molar-refractivity contribution in [3.05, 3.63) is 233 Å². The molecule has 0 spiro atoms. The lowest BCUT2D eigenvalue weighted by molar-refractivity contribution is 0.0910. The van der Waals surface area contributed by atoms with Crippen molar-refractivity contribution in [2.24, 2.45) is 0 Å². The van der Waals surface area contributed by atoms with E-state index < -0.39 is 29.0 Å². The molecular weight excluding hydrogens is 1150 g/mol. The fourth-order valence-electron chi connectivity index (χ4n) is 9.75. The fraction of sp³-hybridized carbons (Fsp3) is 0.121. The van der Waals surface area contributed by atoms with Crippen molar-refractivity contribution in [3.63, 3.8) is 0 Å². The summed E-state index contributed by atoms with van der Waals surface area (Å²) in [5.41, 5.74) is 4.87. The topological polar surface area (TPSA) is 154 Å². The molecule has 83 heavy (non-hydrogen) atoms. The Balaban J connectivity index is 0.000000316. The van der Waals surface area contributed by atoms with Crippen LogP contribution in [-0.4, -0.2) is 38.9 Å². The molecule has 4 unspecified atom stereocenters. The number of phenols is 3. The van der Waals surface area contributed by atoms with Gasteiger partial charge in [0.05, 0.1) is 33.6 Å². The predicted molar refractivity (Wildman–Crippen MR) is 355 cm³/mol. The molecule has 0 radical (unpaired) electrons. The first-order valence-corrected chi connectivity index (χ1v) is 36.5. The van der Waals surface area contributed by atoms with Crippen LogP contribution in [0.15, 0.2) is 194 Å². The number of hydrogen-bond acceptors (Lipinski definition) is 9. The maximum absolute atomic E-state index is 13.5. The van der Waals surface area contributed by atoms with Crippen molar-refractivity contribution in [3.8, 4) is 40.2 Å². The molecule has 17 heteroatoms. The second kappa shape index (κ2) is 25.8. The number of phenolic OH excluding ortho intramolecular Hbond substituents is 3. The Bertz CT molecular complexity index is 3900. The van der Waals surface area contributed by atoms with Crippen LogP contribution in [0.2, 0.25) is 0 Å². The summed E-state index contributed by atoms with van der Waals surface area (Å²) >= 11 is 0. The molecule has 2 aliphatic rings. The number of ether oxygens (including phenoxy) is 2. The van der Waals surface area contributed by atoms with Gasteiger partial charge >= 0.3 is 0 Å². The normalized spacial score (nSPS) is 12.7. The maximum atomic E-state index is 13.5. The zero-order valence-corrected chi connectivity index (χ0v) is 52.8. The third-order valence-corrected chi connectivity index (χ3v) is 35.7. The first-order valence-electron chi connectivity index (χ1n) is 26.6. The monoisotopic (exact) mass is 1210 g/mol. The first-order chi connectivity index (χ1) is 39.7. The standard InChI is InChI=1S/C51H34N2O8.C13H14O.C2H6.H8P6/c1-51(2,31-9-15-35(16-10-31)60-37-19-23-41-43(27-37)49(58)52(47(41)56)33-13-21-39-29(25-33)5-3-7-45(39)54)32-11-17-36(18-12-32)61-38-20-24-42-44(28-38)50(59)53(48(42)57)34-14-22-40-30(26-34)6-4-8-46(40)55;1-9(2)10-3-4-12-8-13(14)6-5-11(12)7-10;1-2;1-5(2)6(3)4/h3-28,54-55H,1-2H3;3-9,14H,1-2H3;1-2H3;1-4H2. The van der Waals surface area contributed by atoms with Gasteiger partial charge in [0.25, 0.3) is 23.6 Å². The van der Waals surface area contributed by atoms with Gasteiger partial charge in [0, 0.05) is 16.2 Å². The number of amides is 4. The summed E-state index contributed by atoms with van der Waals surface area (Å²) in [6.07, 6.45) is 0. The van der Waals surface area contributed by atoms with E-state index in [0.717, 1.165) is 26.3 Å². The number of aromatic hydroxyl groups is 3. The number of carbonyl (C=O) groups excluding carboxylic acids is 4. The number of anilines is 2. The van der Waals surface area contributed by atoms with E-state index in [4.69, 9.17) is 9.47 Å². The minimum absolute atomic E-state index is 0.121. The highest BCUT2D eigenvalue weighted by molar-refractivity contribution is 8.92. The van der Waals surface area contributed by atoms with E-state index >= 15 is 0 Å². The number of benzene rings is 10. The van der Waals surface area contributed by atoms with Crippen LogP contribution >= 0.6 is 49.7 Å². The number of nitrogens with zero attached hydrogens (tertiary/aromatic N) is 2. The van der Waals surface area contributed by atoms with Gasteiger partial charge in [-0.2, -0.15) is 0 Å². The van der Waals surface area contributed by atoms with Gasteiger partial charge in [-0.3, -0.25) is 19.2 Å². The van der Waals surface area contributed by atoms with Crippen molar-refractivity contribution in [2.75, 3.05) is 9.80 Å². The van der Waals surface area contributed by atoms with E-state index in [-0.39, 0.29) is 47.7 Å².